The van der Waals surface area contributed by atoms with E-state index in [9.17, 15) is 4.79 Å². The van der Waals surface area contributed by atoms with Gasteiger partial charge in [-0.1, -0.05) is 0 Å². The van der Waals surface area contributed by atoms with Gasteiger partial charge in [0.1, 0.15) is 5.41 Å². The molecule has 1 rings (SSSR count). The molecule has 1 N–H and O–H groups in total. The second kappa shape index (κ2) is 3.45. The zero-order valence-electron chi connectivity index (χ0n) is 6.50. The molecule has 1 saturated heterocycles. The van der Waals surface area contributed by atoms with Crippen molar-refractivity contribution in [1.29, 1.82) is 0 Å². The van der Waals surface area contributed by atoms with Crippen LogP contribution in [0.25, 0.3) is 0 Å². The molecular formula is C7H12O3S. The van der Waals surface area contributed by atoms with E-state index < -0.39 is 11.4 Å². The lowest BCUT2D eigenvalue weighted by Crippen LogP contribution is -2.33. The molecule has 64 valence electrons. The molecule has 11 heavy (non-hydrogen) atoms. The normalized spacial score (nSPS) is 30.6. The topological polar surface area (TPSA) is 46.5 Å². The molecule has 1 aliphatic rings. The molecule has 1 atom stereocenters. The van der Waals surface area contributed by atoms with Gasteiger partial charge in [-0.2, -0.15) is 11.8 Å². The van der Waals surface area contributed by atoms with Crippen molar-refractivity contribution in [2.45, 2.75) is 6.42 Å². The fourth-order valence-corrected chi connectivity index (χ4v) is 2.13. The van der Waals surface area contributed by atoms with Gasteiger partial charge in [0.05, 0.1) is 6.61 Å². The van der Waals surface area contributed by atoms with Gasteiger partial charge in [-0.15, -0.1) is 0 Å². The number of carboxylic acid groups (broad SMARTS) is 1. The zero-order valence-corrected chi connectivity index (χ0v) is 7.32. The highest BCUT2D eigenvalue weighted by Crippen LogP contribution is 2.31. The minimum atomic E-state index is -0.718. The van der Waals surface area contributed by atoms with Gasteiger partial charge < -0.3 is 9.84 Å². The van der Waals surface area contributed by atoms with E-state index in [0.29, 0.717) is 25.4 Å². The Morgan fingerprint density at radius 3 is 2.91 bits per heavy atom. The molecule has 0 radical (unpaired) electrons. The first kappa shape index (κ1) is 8.87. The molecule has 0 aliphatic carbocycles. The number of rotatable bonds is 3. The molecule has 0 aromatic rings. The predicted molar refractivity (Wildman–Crippen MR) is 43.9 cm³/mol. The third kappa shape index (κ3) is 1.68. The van der Waals surface area contributed by atoms with Crippen LogP contribution in [0.4, 0.5) is 0 Å². The molecule has 4 heteroatoms. The van der Waals surface area contributed by atoms with Crippen LogP contribution in [-0.4, -0.2) is 36.3 Å². The minimum Gasteiger partial charge on any atom is -0.481 e. The van der Waals surface area contributed by atoms with Crippen LogP contribution < -0.4 is 0 Å². The molecule has 0 amide bonds. The van der Waals surface area contributed by atoms with Crippen molar-refractivity contribution in [2.75, 3.05) is 25.2 Å². The minimum absolute atomic E-state index is 0.378. The van der Waals surface area contributed by atoms with Crippen molar-refractivity contribution in [3.05, 3.63) is 0 Å². The van der Waals surface area contributed by atoms with Crippen LogP contribution in [-0.2, 0) is 9.53 Å². The number of ether oxygens (including phenoxy) is 1. The van der Waals surface area contributed by atoms with E-state index in [1.807, 2.05) is 6.26 Å². The lowest BCUT2D eigenvalue weighted by atomic mass is 9.90. The summed E-state index contributed by atoms with van der Waals surface area (Å²) in [6, 6.07) is 0. The SMILES string of the molecule is CSCC1(C(=O)O)CCOC1. The van der Waals surface area contributed by atoms with Gasteiger partial charge in [0, 0.05) is 12.4 Å². The van der Waals surface area contributed by atoms with Crippen molar-refractivity contribution in [1.82, 2.24) is 0 Å². The summed E-state index contributed by atoms with van der Waals surface area (Å²) in [6.07, 6.45) is 2.58. The van der Waals surface area contributed by atoms with E-state index in [1.54, 1.807) is 11.8 Å². The fraction of sp³-hybridized carbons (Fsp3) is 0.857. The van der Waals surface area contributed by atoms with E-state index >= 15 is 0 Å². The Morgan fingerprint density at radius 1 is 1.82 bits per heavy atom. The lowest BCUT2D eigenvalue weighted by molar-refractivity contribution is -0.147. The molecule has 3 nitrogen and oxygen atoms in total. The molecule has 0 saturated carbocycles. The van der Waals surface area contributed by atoms with Crippen LogP contribution in [0.2, 0.25) is 0 Å². The number of carbonyl (C=O) groups is 1. The summed E-state index contributed by atoms with van der Waals surface area (Å²) in [4.78, 5) is 10.8. The maximum Gasteiger partial charge on any atom is 0.312 e. The van der Waals surface area contributed by atoms with Gasteiger partial charge in [0.15, 0.2) is 0 Å². The first-order valence-corrected chi connectivity index (χ1v) is 4.91. The highest BCUT2D eigenvalue weighted by molar-refractivity contribution is 7.98. The Balaban J connectivity index is 2.62. The second-order valence-corrected chi connectivity index (χ2v) is 3.69. The van der Waals surface area contributed by atoms with E-state index in [-0.39, 0.29) is 0 Å². The van der Waals surface area contributed by atoms with Gasteiger partial charge in [0.25, 0.3) is 0 Å². The third-order valence-electron chi connectivity index (χ3n) is 1.98. The molecule has 0 aromatic heterocycles. The number of carboxylic acids is 1. The summed E-state index contributed by atoms with van der Waals surface area (Å²) in [7, 11) is 0. The van der Waals surface area contributed by atoms with Crippen molar-refractivity contribution in [2.24, 2.45) is 5.41 Å². The van der Waals surface area contributed by atoms with Crippen molar-refractivity contribution in [3.8, 4) is 0 Å². The monoisotopic (exact) mass is 176 g/mol. The molecular weight excluding hydrogens is 164 g/mol. The van der Waals surface area contributed by atoms with E-state index in [1.165, 1.54) is 0 Å². The molecule has 0 spiro atoms. The highest BCUT2D eigenvalue weighted by Gasteiger charge is 2.41. The summed E-state index contributed by atoms with van der Waals surface area (Å²) in [6.45, 7) is 0.968. The Hall–Kier alpha value is -0.220. The summed E-state index contributed by atoms with van der Waals surface area (Å²) < 4.78 is 5.08. The van der Waals surface area contributed by atoms with E-state index in [4.69, 9.17) is 9.84 Å². The molecule has 0 bridgehead atoms. The van der Waals surface area contributed by atoms with Crippen molar-refractivity contribution in [3.63, 3.8) is 0 Å². The van der Waals surface area contributed by atoms with Crippen molar-refractivity contribution >= 4 is 17.7 Å². The number of thioether (sulfide) groups is 1. The Labute approximate surface area is 70.1 Å². The van der Waals surface area contributed by atoms with Crippen LogP contribution in [0.5, 0.6) is 0 Å². The maximum absolute atomic E-state index is 10.8. The van der Waals surface area contributed by atoms with Gasteiger partial charge in [0.2, 0.25) is 0 Å². The van der Waals surface area contributed by atoms with Gasteiger partial charge in [-0.25, -0.2) is 0 Å². The first-order chi connectivity index (χ1) is 5.21. The summed E-state index contributed by atoms with van der Waals surface area (Å²) in [5, 5.41) is 8.90. The highest BCUT2D eigenvalue weighted by atomic mass is 32.2. The molecule has 1 heterocycles. The number of hydrogen-bond acceptors (Lipinski definition) is 3. The predicted octanol–water partition coefficient (Wildman–Crippen LogP) is 0.841. The van der Waals surface area contributed by atoms with Gasteiger partial charge in [-0.05, 0) is 12.7 Å². The van der Waals surface area contributed by atoms with Gasteiger partial charge in [-0.3, -0.25) is 4.79 Å². The molecule has 0 aromatic carbocycles. The standard InChI is InChI=1S/C7H12O3S/c1-11-5-7(6(8)9)2-3-10-4-7/h2-5H2,1H3,(H,8,9). The molecule has 1 fully saturated rings. The Bertz CT molecular complexity index is 152. The number of aliphatic carboxylic acids is 1. The van der Waals surface area contributed by atoms with E-state index in [2.05, 4.69) is 0 Å². The first-order valence-electron chi connectivity index (χ1n) is 3.51. The second-order valence-electron chi connectivity index (χ2n) is 2.82. The zero-order chi connectivity index (χ0) is 8.32. The molecule has 1 aliphatic heterocycles. The lowest BCUT2D eigenvalue weighted by Gasteiger charge is -2.19. The average molecular weight is 176 g/mol. The van der Waals surface area contributed by atoms with Crippen LogP contribution in [0, 0.1) is 5.41 Å². The summed E-state index contributed by atoms with van der Waals surface area (Å²) in [5.74, 6) is -0.0631. The number of hydrogen-bond donors (Lipinski definition) is 1. The Morgan fingerprint density at radius 2 is 2.55 bits per heavy atom. The molecule has 1 unspecified atom stereocenters. The average Bonchev–Trinajstić information content (AvgIpc) is 2.38. The smallest absolute Gasteiger partial charge is 0.312 e. The van der Waals surface area contributed by atoms with Crippen LogP contribution in [0.1, 0.15) is 6.42 Å². The summed E-state index contributed by atoms with van der Waals surface area (Å²) in [5.41, 5.74) is -0.598. The van der Waals surface area contributed by atoms with Crippen LogP contribution >= 0.6 is 11.8 Å². The van der Waals surface area contributed by atoms with E-state index in [0.717, 1.165) is 0 Å². The Kier molecular flexibility index (Phi) is 2.78. The third-order valence-corrected chi connectivity index (χ3v) is 2.82. The quantitative estimate of drug-likeness (QED) is 0.692. The van der Waals surface area contributed by atoms with Crippen LogP contribution in [0.15, 0.2) is 0 Å². The largest absolute Gasteiger partial charge is 0.481 e. The van der Waals surface area contributed by atoms with Gasteiger partial charge >= 0.3 is 5.97 Å². The van der Waals surface area contributed by atoms with Crippen molar-refractivity contribution < 1.29 is 14.6 Å². The fourth-order valence-electron chi connectivity index (χ4n) is 1.23. The van der Waals surface area contributed by atoms with Crippen LogP contribution in [0.3, 0.4) is 0 Å². The maximum atomic E-state index is 10.8. The summed E-state index contributed by atoms with van der Waals surface area (Å²) >= 11 is 1.57.